The molecule has 2 atom stereocenters. The number of rotatable bonds is 8. The monoisotopic (exact) mass is 573 g/mol. The van der Waals surface area contributed by atoms with Crippen LogP contribution < -0.4 is 29.5 Å². The minimum atomic E-state index is -1.37. The smallest absolute Gasteiger partial charge is 0.228 e. The molecule has 0 radical (unpaired) electrons. The van der Waals surface area contributed by atoms with E-state index in [0.717, 1.165) is 5.56 Å². The van der Waals surface area contributed by atoms with Crippen LogP contribution in [0.3, 0.4) is 0 Å². The molecule has 0 unspecified atom stereocenters. The Kier molecular flexibility index (Phi) is 8.15. The summed E-state index contributed by atoms with van der Waals surface area (Å²) in [6.45, 7) is 0. The van der Waals surface area contributed by atoms with Gasteiger partial charge in [0.1, 0.15) is 5.82 Å². The van der Waals surface area contributed by atoms with Gasteiger partial charge in [-0.3, -0.25) is 14.5 Å². The lowest BCUT2D eigenvalue weighted by molar-refractivity contribution is -0.305. The maximum absolute atomic E-state index is 14.6. The van der Waals surface area contributed by atoms with Crippen LogP contribution in [0.2, 0.25) is 0 Å². The zero-order chi connectivity index (χ0) is 30.0. The number of Topliss-reactive ketones (excluding diaryl/α,β-unsaturated/α-hetero) is 1. The Bertz CT molecular complexity index is 1560. The summed E-state index contributed by atoms with van der Waals surface area (Å²) >= 11 is 0. The molecule has 1 amide bonds. The number of anilines is 2. The number of fused-ring (bicyclic) bond motifs is 1. The van der Waals surface area contributed by atoms with Gasteiger partial charge in [0.05, 0.1) is 38.7 Å². The lowest BCUT2D eigenvalue weighted by atomic mass is 9.78. The minimum Gasteiger partial charge on any atom is -0.550 e. The highest BCUT2D eigenvalue weighted by Gasteiger charge is 2.41. The van der Waals surface area contributed by atoms with Crippen LogP contribution in [0.4, 0.5) is 15.8 Å². The van der Waals surface area contributed by atoms with Crippen molar-refractivity contribution in [1.82, 2.24) is 0 Å². The third-order valence-electron chi connectivity index (χ3n) is 7.62. The molecule has 1 heterocycles. The number of amides is 1. The molecule has 1 aliphatic heterocycles. The average molecular weight is 574 g/mol. The summed E-state index contributed by atoms with van der Waals surface area (Å²) in [5, 5.41) is 14.6. The molecule has 5 rings (SSSR count). The number of hydrogen-bond acceptors (Lipinski definition) is 8. The zero-order valence-electron chi connectivity index (χ0n) is 23.4. The molecule has 0 saturated carbocycles. The number of allylic oxidation sites excluding steroid dienone is 1. The van der Waals surface area contributed by atoms with Crippen molar-refractivity contribution in [3.63, 3.8) is 0 Å². The van der Waals surface area contributed by atoms with E-state index in [4.69, 9.17) is 14.2 Å². The largest absolute Gasteiger partial charge is 0.550 e. The molecule has 3 aromatic rings. The second-order valence-electron chi connectivity index (χ2n) is 10.1. The Morgan fingerprint density at radius 2 is 1.64 bits per heavy atom. The van der Waals surface area contributed by atoms with Gasteiger partial charge in [-0.15, -0.1) is 0 Å². The number of ether oxygens (including phenoxy) is 3. The summed E-state index contributed by atoms with van der Waals surface area (Å²) < 4.78 is 31.1. The van der Waals surface area contributed by atoms with E-state index in [1.165, 1.54) is 44.4 Å². The maximum atomic E-state index is 14.6. The van der Waals surface area contributed by atoms with Gasteiger partial charge >= 0.3 is 0 Å². The SMILES string of the molecule is COc1cc([C@H]2CC(=O)C3=C(C2)Nc2ccccc2N(C(=O)CCC(=O)[O-])[C@H]3c2cccc(F)c2)cc(OC)c1OC. The van der Waals surface area contributed by atoms with E-state index in [2.05, 4.69) is 5.32 Å². The highest BCUT2D eigenvalue weighted by Crippen LogP contribution is 2.49. The van der Waals surface area contributed by atoms with Crippen molar-refractivity contribution in [2.75, 3.05) is 31.5 Å². The Balaban J connectivity index is 1.67. The molecule has 9 nitrogen and oxygen atoms in total. The first-order valence-electron chi connectivity index (χ1n) is 13.4. The van der Waals surface area contributed by atoms with Crippen LogP contribution >= 0.6 is 0 Å². The van der Waals surface area contributed by atoms with Crippen molar-refractivity contribution in [2.24, 2.45) is 0 Å². The fourth-order valence-electron chi connectivity index (χ4n) is 5.76. The van der Waals surface area contributed by atoms with Crippen LogP contribution in [0.1, 0.15) is 48.8 Å². The van der Waals surface area contributed by atoms with E-state index in [-0.39, 0.29) is 24.5 Å². The summed E-state index contributed by atoms with van der Waals surface area (Å²) in [5.74, 6) is -1.59. The first-order chi connectivity index (χ1) is 20.2. The number of carbonyl (C=O) groups is 3. The molecule has 10 heteroatoms. The second kappa shape index (κ2) is 11.9. The van der Waals surface area contributed by atoms with E-state index >= 15 is 0 Å². The molecule has 0 bridgehead atoms. The number of carboxylic acids is 1. The van der Waals surface area contributed by atoms with E-state index in [9.17, 15) is 23.9 Å². The molecule has 1 aliphatic carbocycles. The molecule has 0 saturated heterocycles. The second-order valence-corrected chi connectivity index (χ2v) is 10.1. The number of hydrogen-bond donors (Lipinski definition) is 1. The van der Waals surface area contributed by atoms with Crippen molar-refractivity contribution in [3.8, 4) is 17.2 Å². The number of para-hydroxylation sites is 2. The van der Waals surface area contributed by atoms with Crippen LogP contribution in [0.15, 0.2) is 71.9 Å². The minimum absolute atomic E-state index is 0.0996. The normalized spacial score (nSPS) is 17.9. The molecule has 0 spiro atoms. The predicted molar refractivity (Wildman–Crippen MR) is 151 cm³/mol. The number of carboxylic acid groups (broad SMARTS) is 1. The third kappa shape index (κ3) is 5.39. The fourth-order valence-corrected chi connectivity index (χ4v) is 5.76. The van der Waals surface area contributed by atoms with E-state index < -0.39 is 30.2 Å². The molecular formula is C32H30FN2O7-. The van der Waals surface area contributed by atoms with Gasteiger partial charge in [-0.2, -0.15) is 0 Å². The number of halogens is 1. The van der Waals surface area contributed by atoms with Gasteiger partial charge in [0.25, 0.3) is 0 Å². The van der Waals surface area contributed by atoms with Gasteiger partial charge in [0, 0.05) is 30.1 Å². The van der Waals surface area contributed by atoms with Crippen molar-refractivity contribution in [2.45, 2.75) is 37.6 Å². The lowest BCUT2D eigenvalue weighted by Crippen LogP contribution is -2.39. The topological polar surface area (TPSA) is 117 Å². The van der Waals surface area contributed by atoms with Crippen LogP contribution in [0.5, 0.6) is 17.2 Å². The molecule has 2 aliphatic rings. The summed E-state index contributed by atoms with van der Waals surface area (Å²) in [7, 11) is 4.56. The molecule has 42 heavy (non-hydrogen) atoms. The van der Waals surface area contributed by atoms with Gasteiger partial charge in [-0.25, -0.2) is 4.39 Å². The third-order valence-corrected chi connectivity index (χ3v) is 7.62. The molecule has 1 N–H and O–H groups in total. The number of nitrogens with one attached hydrogen (secondary N) is 1. The predicted octanol–water partition coefficient (Wildman–Crippen LogP) is 4.28. The molecular weight excluding hydrogens is 543 g/mol. The number of carbonyl (C=O) groups excluding carboxylic acids is 3. The molecule has 218 valence electrons. The Morgan fingerprint density at radius 3 is 2.29 bits per heavy atom. The molecule has 3 aromatic carbocycles. The van der Waals surface area contributed by atoms with Crippen LogP contribution in [-0.2, 0) is 14.4 Å². The first-order valence-corrected chi connectivity index (χ1v) is 13.4. The highest BCUT2D eigenvalue weighted by molar-refractivity contribution is 6.06. The van der Waals surface area contributed by atoms with Crippen molar-refractivity contribution in [3.05, 3.63) is 88.9 Å². The molecule has 0 aromatic heterocycles. The zero-order valence-corrected chi connectivity index (χ0v) is 23.4. The number of methoxy groups -OCH3 is 3. The van der Waals surface area contributed by atoms with Gasteiger partial charge in [-0.1, -0.05) is 24.3 Å². The average Bonchev–Trinajstić information content (AvgIpc) is 3.13. The summed E-state index contributed by atoms with van der Waals surface area (Å²) in [5.41, 5.74) is 3.10. The van der Waals surface area contributed by atoms with Gasteiger partial charge < -0.3 is 29.4 Å². The van der Waals surface area contributed by atoms with E-state index in [0.29, 0.717) is 51.9 Å². The first kappa shape index (κ1) is 28.7. The van der Waals surface area contributed by atoms with Crippen molar-refractivity contribution in [1.29, 1.82) is 0 Å². The number of nitrogens with zero attached hydrogens (tertiary/aromatic N) is 1. The summed E-state index contributed by atoms with van der Waals surface area (Å²) in [4.78, 5) is 40.5. The highest BCUT2D eigenvalue weighted by atomic mass is 19.1. The number of aliphatic carboxylic acids is 1. The number of ketones is 1. The lowest BCUT2D eigenvalue weighted by Gasteiger charge is -2.35. The number of benzene rings is 3. The summed E-state index contributed by atoms with van der Waals surface area (Å²) in [6, 6.07) is 15.4. The van der Waals surface area contributed by atoms with E-state index in [1.807, 2.05) is 12.1 Å². The summed E-state index contributed by atoms with van der Waals surface area (Å²) in [6.07, 6.45) is -0.361. The van der Waals surface area contributed by atoms with Gasteiger partial charge in [0.2, 0.25) is 11.7 Å². The standard InChI is InChI=1S/C32H31FN2O7/c1-40-26-16-20(17-27(41-2)32(26)42-3)19-14-23-30(25(36)15-19)31(18-7-6-8-21(33)13-18)35(28(37)11-12-29(38)39)24-10-5-4-9-22(24)34-23/h4-10,13,16-17,19,31,34H,11-12,14-15H2,1-3H3,(H,38,39)/p-1/t19-,31+/m1/s1. The quantitative estimate of drug-likeness (QED) is 0.425. The molecule has 0 fully saturated rings. The fraction of sp³-hybridized carbons (Fsp3) is 0.281. The Hall–Kier alpha value is -4.86. The maximum Gasteiger partial charge on any atom is 0.228 e. The van der Waals surface area contributed by atoms with Crippen LogP contribution in [-0.4, -0.2) is 39.0 Å². The van der Waals surface area contributed by atoms with E-state index in [1.54, 1.807) is 30.3 Å². The van der Waals surface area contributed by atoms with Crippen molar-refractivity contribution >= 4 is 29.0 Å². The van der Waals surface area contributed by atoms with Gasteiger partial charge in [-0.05, 0) is 66.3 Å². The van der Waals surface area contributed by atoms with Crippen LogP contribution in [0.25, 0.3) is 0 Å². The Morgan fingerprint density at radius 1 is 0.929 bits per heavy atom. The van der Waals surface area contributed by atoms with Crippen LogP contribution in [0, 0.1) is 5.82 Å². The Labute approximate surface area is 242 Å². The van der Waals surface area contributed by atoms with Crippen molar-refractivity contribution < 1.29 is 38.1 Å². The van der Waals surface area contributed by atoms with Gasteiger partial charge in [0.15, 0.2) is 17.3 Å².